The molecule has 1 fully saturated rings. The highest BCUT2D eigenvalue weighted by Gasteiger charge is 2.44. The molecule has 0 radical (unpaired) electrons. The first-order valence-electron chi connectivity index (χ1n) is 10.1. The third kappa shape index (κ3) is 3.67. The zero-order chi connectivity index (χ0) is 21.4. The van der Waals surface area contributed by atoms with Crippen molar-refractivity contribution in [2.75, 3.05) is 19.5 Å². The van der Waals surface area contributed by atoms with E-state index in [0.29, 0.717) is 28.6 Å². The van der Waals surface area contributed by atoms with E-state index in [1.54, 1.807) is 19.6 Å². The minimum absolute atomic E-state index is 0.280. The lowest BCUT2D eigenvalue weighted by atomic mass is 10.2. The van der Waals surface area contributed by atoms with Gasteiger partial charge in [0.25, 0.3) is 11.7 Å². The van der Waals surface area contributed by atoms with Crippen LogP contribution in [0.25, 0.3) is 10.6 Å². The Morgan fingerprint density at radius 1 is 1.03 bits per heavy atom. The van der Waals surface area contributed by atoms with Crippen molar-refractivity contribution in [1.82, 2.24) is 4.98 Å². The summed E-state index contributed by atoms with van der Waals surface area (Å²) in [5.74, 6) is 1.85. The van der Waals surface area contributed by atoms with Gasteiger partial charge in [-0.2, -0.15) is 0 Å². The molecule has 7 nitrogen and oxygen atoms in total. The Balaban J connectivity index is 1.31. The van der Waals surface area contributed by atoms with Gasteiger partial charge in [0.15, 0.2) is 23.0 Å². The quantitative estimate of drug-likeness (QED) is 0.596. The molecule has 3 aromatic rings. The zero-order valence-electron chi connectivity index (χ0n) is 17.3. The summed E-state index contributed by atoms with van der Waals surface area (Å²) >= 11 is 1.39. The number of nitrogens with one attached hydrogen (secondary N) is 1. The Hall–Kier alpha value is -3.26. The standard InChI is InChI=1S/C23H22N2O5S/c1-27-17-7-5-14(11-19(17)28-2)22-25-16(13-31-22)21(26)24-15-6-8-18-20(12-15)30-23(29-18)9-3-4-10-23/h5-8,11-13H,3-4,9-10H2,1-2H3,(H,24,26). The molecule has 1 saturated carbocycles. The molecule has 1 aromatic heterocycles. The van der Waals surface area contributed by atoms with Gasteiger partial charge < -0.3 is 24.3 Å². The van der Waals surface area contributed by atoms with Crippen molar-refractivity contribution in [3.8, 4) is 33.6 Å². The van der Waals surface area contributed by atoms with Gasteiger partial charge in [-0.3, -0.25) is 4.79 Å². The first-order chi connectivity index (χ1) is 15.1. The first kappa shape index (κ1) is 19.7. The number of anilines is 1. The van der Waals surface area contributed by atoms with Crippen molar-refractivity contribution in [3.63, 3.8) is 0 Å². The van der Waals surface area contributed by atoms with E-state index in [-0.39, 0.29) is 5.91 Å². The van der Waals surface area contributed by atoms with Gasteiger partial charge in [0.05, 0.1) is 14.2 Å². The molecule has 1 aliphatic carbocycles. The molecule has 1 spiro atoms. The molecule has 0 saturated heterocycles. The number of aromatic nitrogens is 1. The van der Waals surface area contributed by atoms with Gasteiger partial charge in [-0.05, 0) is 43.2 Å². The summed E-state index contributed by atoms with van der Waals surface area (Å²) < 4.78 is 22.7. The van der Waals surface area contributed by atoms with Crippen LogP contribution in [-0.2, 0) is 0 Å². The Kier molecular flexibility index (Phi) is 4.94. The summed E-state index contributed by atoms with van der Waals surface area (Å²) in [4.78, 5) is 17.2. The lowest BCUT2D eigenvalue weighted by Gasteiger charge is -2.21. The van der Waals surface area contributed by atoms with Crippen LogP contribution in [0.1, 0.15) is 36.2 Å². The largest absolute Gasteiger partial charge is 0.493 e. The van der Waals surface area contributed by atoms with Crippen molar-refractivity contribution >= 4 is 22.9 Å². The van der Waals surface area contributed by atoms with Gasteiger partial charge in [0.2, 0.25) is 0 Å². The van der Waals surface area contributed by atoms with Crippen molar-refractivity contribution < 1.29 is 23.7 Å². The molecule has 2 aromatic carbocycles. The Bertz CT molecular complexity index is 1140. The maximum Gasteiger partial charge on any atom is 0.275 e. The number of methoxy groups -OCH3 is 2. The molecule has 0 bridgehead atoms. The van der Waals surface area contributed by atoms with E-state index < -0.39 is 5.79 Å². The van der Waals surface area contributed by atoms with Crippen molar-refractivity contribution in [2.24, 2.45) is 0 Å². The fraction of sp³-hybridized carbons (Fsp3) is 0.304. The highest BCUT2D eigenvalue weighted by atomic mass is 32.1. The zero-order valence-corrected chi connectivity index (χ0v) is 18.1. The topological polar surface area (TPSA) is 78.9 Å². The molecule has 1 aliphatic heterocycles. The van der Waals surface area contributed by atoms with E-state index in [1.165, 1.54) is 11.3 Å². The van der Waals surface area contributed by atoms with Gasteiger partial charge in [0, 0.05) is 35.5 Å². The molecule has 0 atom stereocenters. The van der Waals surface area contributed by atoms with E-state index >= 15 is 0 Å². The van der Waals surface area contributed by atoms with Crippen molar-refractivity contribution in [3.05, 3.63) is 47.5 Å². The molecular formula is C23H22N2O5S. The summed E-state index contributed by atoms with van der Waals surface area (Å²) in [5.41, 5.74) is 1.84. The number of fused-ring (bicyclic) bond motifs is 1. The number of hydrogen-bond acceptors (Lipinski definition) is 7. The lowest BCUT2D eigenvalue weighted by Crippen LogP contribution is -2.34. The number of hydrogen-bond donors (Lipinski definition) is 1. The van der Waals surface area contributed by atoms with Crippen LogP contribution in [0.3, 0.4) is 0 Å². The van der Waals surface area contributed by atoms with Crippen molar-refractivity contribution in [2.45, 2.75) is 31.5 Å². The summed E-state index contributed by atoms with van der Waals surface area (Å²) in [6.07, 6.45) is 3.98. The van der Waals surface area contributed by atoms with Gasteiger partial charge in [-0.15, -0.1) is 11.3 Å². The molecular weight excluding hydrogens is 416 g/mol. The van der Waals surface area contributed by atoms with Crippen LogP contribution >= 0.6 is 11.3 Å². The number of nitrogens with zero attached hydrogens (tertiary/aromatic N) is 1. The molecule has 1 N–H and O–H groups in total. The molecule has 5 rings (SSSR count). The Morgan fingerprint density at radius 3 is 2.58 bits per heavy atom. The second-order valence-electron chi connectivity index (χ2n) is 7.55. The van der Waals surface area contributed by atoms with Crippen LogP contribution in [0, 0.1) is 0 Å². The number of rotatable bonds is 5. The number of benzene rings is 2. The number of carbonyl (C=O) groups excluding carboxylic acids is 1. The highest BCUT2D eigenvalue weighted by molar-refractivity contribution is 7.13. The number of ether oxygens (including phenoxy) is 4. The maximum absolute atomic E-state index is 12.7. The Morgan fingerprint density at radius 2 is 1.81 bits per heavy atom. The van der Waals surface area contributed by atoms with Crippen LogP contribution in [0.2, 0.25) is 0 Å². The average Bonchev–Trinajstić information content (AvgIpc) is 3.53. The molecule has 160 valence electrons. The fourth-order valence-corrected chi connectivity index (χ4v) is 4.76. The second-order valence-corrected chi connectivity index (χ2v) is 8.40. The first-order valence-corrected chi connectivity index (χ1v) is 11.0. The van der Waals surface area contributed by atoms with E-state index in [0.717, 1.165) is 42.0 Å². The van der Waals surface area contributed by atoms with Crippen LogP contribution in [0.4, 0.5) is 5.69 Å². The van der Waals surface area contributed by atoms with Crippen LogP contribution in [0.15, 0.2) is 41.8 Å². The average molecular weight is 439 g/mol. The third-order valence-corrected chi connectivity index (χ3v) is 6.42. The second kappa shape index (κ2) is 7.77. The highest BCUT2D eigenvalue weighted by Crippen LogP contribution is 2.47. The summed E-state index contributed by atoms with van der Waals surface area (Å²) in [6.45, 7) is 0. The number of thiazole rings is 1. The van der Waals surface area contributed by atoms with Gasteiger partial charge in [-0.25, -0.2) is 4.98 Å². The third-order valence-electron chi connectivity index (χ3n) is 5.53. The minimum atomic E-state index is -0.520. The minimum Gasteiger partial charge on any atom is -0.493 e. The molecule has 2 aliphatic rings. The number of carbonyl (C=O) groups is 1. The van der Waals surface area contributed by atoms with E-state index in [2.05, 4.69) is 10.3 Å². The summed E-state index contributed by atoms with van der Waals surface area (Å²) in [7, 11) is 3.18. The summed E-state index contributed by atoms with van der Waals surface area (Å²) in [6, 6.07) is 11.0. The lowest BCUT2D eigenvalue weighted by molar-refractivity contribution is -0.0716. The molecule has 1 amide bonds. The molecule has 2 heterocycles. The van der Waals surface area contributed by atoms with Crippen molar-refractivity contribution in [1.29, 1.82) is 0 Å². The van der Waals surface area contributed by atoms with E-state index in [1.807, 2.05) is 36.4 Å². The molecule has 0 unspecified atom stereocenters. The van der Waals surface area contributed by atoms with Gasteiger partial charge >= 0.3 is 0 Å². The van der Waals surface area contributed by atoms with Gasteiger partial charge in [-0.1, -0.05) is 0 Å². The maximum atomic E-state index is 12.7. The van der Waals surface area contributed by atoms with Crippen LogP contribution in [-0.4, -0.2) is 30.9 Å². The molecule has 31 heavy (non-hydrogen) atoms. The van der Waals surface area contributed by atoms with E-state index in [4.69, 9.17) is 18.9 Å². The normalized spacial score (nSPS) is 15.8. The fourth-order valence-electron chi connectivity index (χ4n) is 3.96. The van der Waals surface area contributed by atoms with Crippen LogP contribution < -0.4 is 24.3 Å². The smallest absolute Gasteiger partial charge is 0.275 e. The monoisotopic (exact) mass is 438 g/mol. The van der Waals surface area contributed by atoms with Gasteiger partial charge in [0.1, 0.15) is 10.7 Å². The van der Waals surface area contributed by atoms with E-state index in [9.17, 15) is 4.79 Å². The molecule has 8 heteroatoms. The number of amides is 1. The van der Waals surface area contributed by atoms with Crippen LogP contribution in [0.5, 0.6) is 23.0 Å². The summed E-state index contributed by atoms with van der Waals surface area (Å²) in [5, 5.41) is 5.36. The Labute approximate surface area is 183 Å². The predicted molar refractivity (Wildman–Crippen MR) is 118 cm³/mol. The SMILES string of the molecule is COc1ccc(-c2nc(C(=O)Nc3ccc4c(c3)OC3(CCCC3)O4)cs2)cc1OC. The predicted octanol–water partition coefficient (Wildman–Crippen LogP) is 5.12.